The van der Waals surface area contributed by atoms with Crippen LogP contribution in [0.2, 0.25) is 0 Å². The van der Waals surface area contributed by atoms with Gasteiger partial charge in [0, 0.05) is 16.8 Å². The number of nitrogens with zero attached hydrogens (tertiary/aromatic N) is 1. The molecule has 3 aromatic rings. The summed E-state index contributed by atoms with van der Waals surface area (Å²) in [4.78, 5) is 28.8. The van der Waals surface area contributed by atoms with Gasteiger partial charge in [-0.3, -0.25) is 9.59 Å². The molecule has 0 saturated carbocycles. The highest BCUT2D eigenvalue weighted by Gasteiger charge is 2.09. The fourth-order valence-corrected chi connectivity index (χ4v) is 2.78. The Morgan fingerprint density at radius 2 is 1.96 bits per heavy atom. The monoisotopic (exact) mass is 353 g/mol. The molecule has 126 valence electrons. The van der Waals surface area contributed by atoms with Gasteiger partial charge in [0.1, 0.15) is 5.82 Å². The Morgan fingerprint density at radius 3 is 2.72 bits per heavy atom. The summed E-state index contributed by atoms with van der Waals surface area (Å²) in [5, 5.41) is 5.48. The van der Waals surface area contributed by atoms with E-state index in [0.717, 1.165) is 4.90 Å². The van der Waals surface area contributed by atoms with Crippen molar-refractivity contribution in [3.8, 4) is 0 Å². The van der Waals surface area contributed by atoms with E-state index in [9.17, 15) is 9.59 Å². The van der Waals surface area contributed by atoms with Crippen LogP contribution < -0.4 is 10.6 Å². The van der Waals surface area contributed by atoms with Gasteiger partial charge >= 0.3 is 0 Å². The number of hydrogen-bond acceptors (Lipinski definition) is 5. The fourth-order valence-electron chi connectivity index (χ4n) is 2.03. The third-order valence-corrected chi connectivity index (χ3v) is 4.13. The van der Waals surface area contributed by atoms with Crippen molar-refractivity contribution in [1.29, 1.82) is 0 Å². The first-order valence-corrected chi connectivity index (χ1v) is 8.48. The van der Waals surface area contributed by atoms with Gasteiger partial charge in [-0.2, -0.15) is 0 Å². The van der Waals surface area contributed by atoms with Crippen LogP contribution in [0, 0.1) is 0 Å². The van der Waals surface area contributed by atoms with Crippen molar-refractivity contribution < 1.29 is 14.0 Å². The van der Waals surface area contributed by atoms with Crippen LogP contribution in [0.1, 0.15) is 10.6 Å². The maximum Gasteiger partial charge on any atom is 0.291 e. The molecule has 0 unspecified atom stereocenters. The molecule has 0 aliphatic rings. The number of benzene rings is 1. The molecule has 25 heavy (non-hydrogen) atoms. The third-order valence-electron chi connectivity index (χ3n) is 3.14. The summed E-state index contributed by atoms with van der Waals surface area (Å²) in [6.45, 7) is 0. The summed E-state index contributed by atoms with van der Waals surface area (Å²) in [5.74, 6) is 0.542. The average molecular weight is 353 g/mol. The molecule has 7 heteroatoms. The van der Waals surface area contributed by atoms with Gasteiger partial charge in [-0.05, 0) is 42.5 Å². The number of aromatic nitrogens is 1. The minimum atomic E-state index is -0.319. The normalized spacial score (nSPS) is 10.2. The summed E-state index contributed by atoms with van der Waals surface area (Å²) in [6, 6.07) is 15.8. The number of amides is 2. The predicted octanol–water partition coefficient (Wildman–Crippen LogP) is 3.66. The van der Waals surface area contributed by atoms with E-state index in [1.165, 1.54) is 18.0 Å². The van der Waals surface area contributed by atoms with Crippen molar-refractivity contribution in [3.63, 3.8) is 0 Å². The molecule has 0 bridgehead atoms. The standard InChI is InChI=1S/C18H15N3O3S/c22-17(21-16-8-1-2-9-19-16)12-25-14-6-3-5-13(11-14)20-18(23)15-7-4-10-24-15/h1-11H,12H2,(H,20,23)(H,19,21,22). The van der Waals surface area contributed by atoms with E-state index in [-0.39, 0.29) is 23.3 Å². The van der Waals surface area contributed by atoms with E-state index in [2.05, 4.69) is 15.6 Å². The molecule has 0 atom stereocenters. The third kappa shape index (κ3) is 4.95. The van der Waals surface area contributed by atoms with Gasteiger partial charge in [0.2, 0.25) is 5.91 Å². The van der Waals surface area contributed by atoms with Crippen LogP contribution >= 0.6 is 11.8 Å². The summed E-state index contributed by atoms with van der Waals surface area (Å²) in [5.41, 5.74) is 0.636. The van der Waals surface area contributed by atoms with Crippen molar-refractivity contribution in [2.24, 2.45) is 0 Å². The molecular formula is C18H15N3O3S. The Labute approximate surface area is 148 Å². The quantitative estimate of drug-likeness (QED) is 0.661. The Kier molecular flexibility index (Phi) is 5.48. The van der Waals surface area contributed by atoms with Gasteiger partial charge in [-0.25, -0.2) is 4.98 Å². The Bertz CT molecular complexity index is 851. The van der Waals surface area contributed by atoms with Crippen LogP contribution in [0.25, 0.3) is 0 Å². The zero-order chi connectivity index (χ0) is 17.5. The van der Waals surface area contributed by atoms with Crippen molar-refractivity contribution in [2.45, 2.75) is 4.90 Å². The zero-order valence-electron chi connectivity index (χ0n) is 13.1. The number of furan rings is 1. The van der Waals surface area contributed by atoms with E-state index in [1.54, 1.807) is 48.7 Å². The van der Waals surface area contributed by atoms with Gasteiger partial charge < -0.3 is 15.1 Å². The maximum absolute atomic E-state index is 12.0. The molecule has 2 aromatic heterocycles. The van der Waals surface area contributed by atoms with E-state index in [0.29, 0.717) is 11.5 Å². The highest BCUT2D eigenvalue weighted by atomic mass is 32.2. The number of anilines is 2. The number of thioether (sulfide) groups is 1. The number of carbonyl (C=O) groups is 2. The number of hydrogen-bond donors (Lipinski definition) is 2. The minimum absolute atomic E-state index is 0.145. The van der Waals surface area contributed by atoms with Crippen molar-refractivity contribution in [3.05, 3.63) is 72.8 Å². The molecule has 2 amide bonds. The largest absolute Gasteiger partial charge is 0.459 e. The molecule has 2 heterocycles. The summed E-state index contributed by atoms with van der Waals surface area (Å²) >= 11 is 1.37. The first-order valence-electron chi connectivity index (χ1n) is 7.49. The molecule has 6 nitrogen and oxygen atoms in total. The summed E-state index contributed by atoms with van der Waals surface area (Å²) in [7, 11) is 0. The minimum Gasteiger partial charge on any atom is -0.459 e. The summed E-state index contributed by atoms with van der Waals surface area (Å²) < 4.78 is 5.06. The van der Waals surface area contributed by atoms with Gasteiger partial charge in [-0.15, -0.1) is 11.8 Å². The van der Waals surface area contributed by atoms with E-state index in [4.69, 9.17) is 4.42 Å². The van der Waals surface area contributed by atoms with Crippen LogP contribution in [-0.4, -0.2) is 22.6 Å². The van der Waals surface area contributed by atoms with Crippen molar-refractivity contribution in [2.75, 3.05) is 16.4 Å². The number of pyridine rings is 1. The molecule has 0 saturated heterocycles. The van der Waals surface area contributed by atoms with E-state index in [1.807, 2.05) is 12.1 Å². The molecule has 0 spiro atoms. The SMILES string of the molecule is O=C(CSc1cccc(NC(=O)c2ccco2)c1)Nc1ccccn1. The molecule has 0 aliphatic carbocycles. The van der Waals surface area contributed by atoms with Crippen LogP contribution in [-0.2, 0) is 4.79 Å². The lowest BCUT2D eigenvalue weighted by Crippen LogP contribution is -2.14. The molecule has 0 aliphatic heterocycles. The van der Waals surface area contributed by atoms with Crippen molar-refractivity contribution in [1.82, 2.24) is 4.98 Å². The highest BCUT2D eigenvalue weighted by molar-refractivity contribution is 8.00. The second-order valence-corrected chi connectivity index (χ2v) is 6.06. The summed E-state index contributed by atoms with van der Waals surface area (Å²) in [6.07, 6.45) is 3.06. The van der Waals surface area contributed by atoms with Gasteiger partial charge in [0.25, 0.3) is 5.91 Å². The zero-order valence-corrected chi connectivity index (χ0v) is 14.0. The molecule has 3 rings (SSSR count). The lowest BCUT2D eigenvalue weighted by molar-refractivity contribution is -0.113. The molecule has 1 aromatic carbocycles. The lowest BCUT2D eigenvalue weighted by atomic mass is 10.3. The Morgan fingerprint density at radius 1 is 1.04 bits per heavy atom. The average Bonchev–Trinajstić information content (AvgIpc) is 3.16. The van der Waals surface area contributed by atoms with Gasteiger partial charge in [0.05, 0.1) is 12.0 Å². The number of carbonyl (C=O) groups excluding carboxylic acids is 2. The van der Waals surface area contributed by atoms with Crippen LogP contribution in [0.3, 0.4) is 0 Å². The first-order chi connectivity index (χ1) is 12.2. The number of nitrogens with one attached hydrogen (secondary N) is 2. The van der Waals surface area contributed by atoms with Gasteiger partial charge in [0.15, 0.2) is 5.76 Å². The smallest absolute Gasteiger partial charge is 0.291 e. The molecule has 0 radical (unpaired) electrons. The second-order valence-electron chi connectivity index (χ2n) is 5.01. The van der Waals surface area contributed by atoms with Crippen LogP contribution in [0.4, 0.5) is 11.5 Å². The number of rotatable bonds is 6. The van der Waals surface area contributed by atoms with Crippen molar-refractivity contribution >= 4 is 35.1 Å². The molecule has 0 fully saturated rings. The lowest BCUT2D eigenvalue weighted by Gasteiger charge is -2.07. The fraction of sp³-hybridized carbons (Fsp3) is 0.0556. The first kappa shape index (κ1) is 16.8. The molecular weight excluding hydrogens is 338 g/mol. The van der Waals surface area contributed by atoms with E-state index >= 15 is 0 Å². The predicted molar refractivity (Wildman–Crippen MR) is 96.7 cm³/mol. The second kappa shape index (κ2) is 8.16. The maximum atomic E-state index is 12.0. The highest BCUT2D eigenvalue weighted by Crippen LogP contribution is 2.22. The van der Waals surface area contributed by atoms with Crippen LogP contribution in [0.5, 0.6) is 0 Å². The molecule has 2 N–H and O–H groups in total. The van der Waals surface area contributed by atoms with Gasteiger partial charge in [-0.1, -0.05) is 12.1 Å². The Hall–Kier alpha value is -3.06. The Balaban J connectivity index is 1.54. The topological polar surface area (TPSA) is 84.2 Å². The van der Waals surface area contributed by atoms with E-state index < -0.39 is 0 Å². The van der Waals surface area contributed by atoms with Crippen LogP contribution in [0.15, 0.2) is 76.4 Å².